The van der Waals surface area contributed by atoms with E-state index >= 15 is 0 Å². The van der Waals surface area contributed by atoms with Gasteiger partial charge in [0, 0.05) is 27.4 Å². The summed E-state index contributed by atoms with van der Waals surface area (Å²) in [6.07, 6.45) is 1.74. The van der Waals surface area contributed by atoms with Crippen LogP contribution in [0.3, 0.4) is 0 Å². The Morgan fingerprint density at radius 3 is 2.53 bits per heavy atom. The van der Waals surface area contributed by atoms with Crippen LogP contribution in [0.1, 0.15) is 12.6 Å². The van der Waals surface area contributed by atoms with Crippen LogP contribution in [-0.2, 0) is 10.3 Å². The Morgan fingerprint density at radius 2 is 2.13 bits per heavy atom. The Labute approximate surface area is 96.1 Å². The standard InChI is InChI=1S/C11H16N2OS/c1-11(14-4,10(15)13(2)3)9-7-5-6-8-12-9/h5-8H,1-4H3. The molecule has 0 saturated carbocycles. The van der Waals surface area contributed by atoms with E-state index in [4.69, 9.17) is 17.0 Å². The monoisotopic (exact) mass is 224 g/mol. The van der Waals surface area contributed by atoms with Gasteiger partial charge in [0.2, 0.25) is 0 Å². The summed E-state index contributed by atoms with van der Waals surface area (Å²) in [4.78, 5) is 6.87. The topological polar surface area (TPSA) is 25.4 Å². The zero-order chi connectivity index (χ0) is 11.5. The summed E-state index contributed by atoms with van der Waals surface area (Å²) < 4.78 is 5.50. The molecule has 0 amide bonds. The first-order chi connectivity index (χ1) is 7.02. The van der Waals surface area contributed by atoms with Crippen LogP contribution in [0.5, 0.6) is 0 Å². The van der Waals surface area contributed by atoms with Gasteiger partial charge in [-0.3, -0.25) is 4.98 Å². The quantitative estimate of drug-likeness (QED) is 0.731. The second-order valence-corrected chi connectivity index (χ2v) is 4.04. The Balaban J connectivity index is 3.11. The molecule has 1 aromatic rings. The zero-order valence-electron chi connectivity index (χ0n) is 9.52. The van der Waals surface area contributed by atoms with Gasteiger partial charge >= 0.3 is 0 Å². The smallest absolute Gasteiger partial charge is 0.156 e. The predicted octanol–water partition coefficient (Wildman–Crippen LogP) is 1.83. The van der Waals surface area contributed by atoms with Crippen LogP contribution >= 0.6 is 12.2 Å². The average molecular weight is 224 g/mol. The largest absolute Gasteiger partial charge is 0.370 e. The molecule has 0 aromatic carbocycles. The van der Waals surface area contributed by atoms with Crippen molar-refractivity contribution >= 4 is 17.2 Å². The van der Waals surface area contributed by atoms with Crippen LogP contribution < -0.4 is 0 Å². The maximum Gasteiger partial charge on any atom is 0.156 e. The van der Waals surface area contributed by atoms with Gasteiger partial charge < -0.3 is 9.64 Å². The van der Waals surface area contributed by atoms with Gasteiger partial charge in [-0.25, -0.2) is 0 Å². The lowest BCUT2D eigenvalue weighted by atomic mass is 10.0. The van der Waals surface area contributed by atoms with Crippen LogP contribution in [-0.4, -0.2) is 36.1 Å². The van der Waals surface area contributed by atoms with Gasteiger partial charge in [-0.15, -0.1) is 0 Å². The number of methoxy groups -OCH3 is 1. The molecular formula is C11H16N2OS. The summed E-state index contributed by atoms with van der Waals surface area (Å²) in [5.74, 6) is 0. The maximum absolute atomic E-state index is 5.50. The molecule has 4 heteroatoms. The van der Waals surface area contributed by atoms with Gasteiger partial charge in [-0.1, -0.05) is 18.3 Å². The average Bonchev–Trinajstić information content (AvgIpc) is 2.28. The lowest BCUT2D eigenvalue weighted by molar-refractivity contribution is 0.0547. The molecule has 3 nitrogen and oxygen atoms in total. The number of hydrogen-bond donors (Lipinski definition) is 0. The van der Waals surface area contributed by atoms with Crippen LogP contribution in [0.15, 0.2) is 24.4 Å². The van der Waals surface area contributed by atoms with Crippen LogP contribution in [0.2, 0.25) is 0 Å². The number of likely N-dealkylation sites (N-methyl/N-ethyl adjacent to an activating group) is 1. The molecule has 1 aromatic heterocycles. The van der Waals surface area contributed by atoms with E-state index in [1.165, 1.54) is 0 Å². The highest BCUT2D eigenvalue weighted by Crippen LogP contribution is 2.25. The first kappa shape index (κ1) is 12.1. The van der Waals surface area contributed by atoms with Crippen molar-refractivity contribution < 1.29 is 4.74 Å². The SMILES string of the molecule is COC(C)(C(=S)N(C)C)c1ccccn1. The summed E-state index contributed by atoms with van der Waals surface area (Å²) in [6.45, 7) is 1.93. The van der Waals surface area contributed by atoms with Crippen molar-refractivity contribution in [2.45, 2.75) is 12.5 Å². The normalized spacial score (nSPS) is 14.4. The van der Waals surface area contributed by atoms with E-state index in [0.717, 1.165) is 5.69 Å². The van der Waals surface area contributed by atoms with E-state index in [1.807, 2.05) is 44.1 Å². The van der Waals surface area contributed by atoms with Gasteiger partial charge in [-0.2, -0.15) is 0 Å². The van der Waals surface area contributed by atoms with Crippen molar-refractivity contribution in [1.82, 2.24) is 9.88 Å². The molecule has 0 aliphatic carbocycles. The molecule has 0 aliphatic rings. The number of ether oxygens (including phenoxy) is 1. The molecule has 1 rings (SSSR count). The lowest BCUT2D eigenvalue weighted by Crippen LogP contribution is -2.42. The highest BCUT2D eigenvalue weighted by molar-refractivity contribution is 7.80. The fourth-order valence-corrected chi connectivity index (χ4v) is 1.56. The molecule has 1 unspecified atom stereocenters. The number of rotatable bonds is 3. The lowest BCUT2D eigenvalue weighted by Gasteiger charge is -2.32. The Kier molecular flexibility index (Phi) is 3.77. The first-order valence-electron chi connectivity index (χ1n) is 4.71. The summed E-state index contributed by atoms with van der Waals surface area (Å²) >= 11 is 5.35. The molecule has 0 saturated heterocycles. The van der Waals surface area contributed by atoms with Crippen LogP contribution in [0.4, 0.5) is 0 Å². The molecule has 15 heavy (non-hydrogen) atoms. The number of aromatic nitrogens is 1. The Morgan fingerprint density at radius 1 is 1.47 bits per heavy atom. The molecule has 1 heterocycles. The third-order valence-corrected chi connectivity index (χ3v) is 3.13. The summed E-state index contributed by atoms with van der Waals surface area (Å²) in [7, 11) is 5.45. The van der Waals surface area contributed by atoms with Crippen LogP contribution in [0.25, 0.3) is 0 Å². The van der Waals surface area contributed by atoms with E-state index in [1.54, 1.807) is 13.3 Å². The van der Waals surface area contributed by atoms with Crippen molar-refractivity contribution in [3.8, 4) is 0 Å². The number of thiocarbonyl (C=S) groups is 1. The van der Waals surface area contributed by atoms with Crippen molar-refractivity contribution in [2.75, 3.05) is 21.2 Å². The molecule has 0 bridgehead atoms. The second kappa shape index (κ2) is 4.68. The minimum Gasteiger partial charge on any atom is -0.370 e. The summed E-state index contributed by atoms with van der Waals surface area (Å²) in [5.41, 5.74) is 0.186. The van der Waals surface area contributed by atoms with E-state index < -0.39 is 5.60 Å². The zero-order valence-corrected chi connectivity index (χ0v) is 10.3. The van der Waals surface area contributed by atoms with Crippen LogP contribution in [0, 0.1) is 0 Å². The summed E-state index contributed by atoms with van der Waals surface area (Å²) in [5, 5.41) is 0. The third kappa shape index (κ3) is 2.33. The van der Waals surface area contributed by atoms with Gasteiger partial charge in [0.1, 0.15) is 4.99 Å². The van der Waals surface area contributed by atoms with E-state index in [9.17, 15) is 0 Å². The highest BCUT2D eigenvalue weighted by atomic mass is 32.1. The molecule has 0 spiro atoms. The minimum absolute atomic E-state index is 0.639. The molecule has 0 N–H and O–H groups in total. The molecular weight excluding hydrogens is 208 g/mol. The fraction of sp³-hybridized carbons (Fsp3) is 0.455. The van der Waals surface area contributed by atoms with Gasteiger partial charge in [0.15, 0.2) is 5.60 Å². The first-order valence-corrected chi connectivity index (χ1v) is 5.11. The van der Waals surface area contributed by atoms with Gasteiger partial charge in [0.25, 0.3) is 0 Å². The molecule has 0 aliphatic heterocycles. The minimum atomic E-state index is -0.639. The Bertz CT molecular complexity index is 340. The third-order valence-electron chi connectivity index (χ3n) is 2.38. The molecule has 1 atom stereocenters. The molecule has 0 radical (unpaired) electrons. The Hall–Kier alpha value is -1.00. The fourth-order valence-electron chi connectivity index (χ4n) is 1.37. The van der Waals surface area contributed by atoms with Crippen molar-refractivity contribution in [3.63, 3.8) is 0 Å². The van der Waals surface area contributed by atoms with Gasteiger partial charge in [0.05, 0.1) is 5.69 Å². The predicted molar refractivity (Wildman–Crippen MR) is 64.9 cm³/mol. The molecule has 82 valence electrons. The van der Waals surface area contributed by atoms with E-state index in [-0.39, 0.29) is 0 Å². The van der Waals surface area contributed by atoms with E-state index in [2.05, 4.69) is 4.98 Å². The maximum atomic E-state index is 5.50. The number of nitrogens with zero attached hydrogens (tertiary/aromatic N) is 2. The van der Waals surface area contributed by atoms with Crippen molar-refractivity contribution in [2.24, 2.45) is 0 Å². The van der Waals surface area contributed by atoms with Gasteiger partial charge in [-0.05, 0) is 19.1 Å². The number of hydrogen-bond acceptors (Lipinski definition) is 3. The van der Waals surface area contributed by atoms with Crippen molar-refractivity contribution in [1.29, 1.82) is 0 Å². The van der Waals surface area contributed by atoms with Crippen molar-refractivity contribution in [3.05, 3.63) is 30.1 Å². The highest BCUT2D eigenvalue weighted by Gasteiger charge is 2.34. The second-order valence-electron chi connectivity index (χ2n) is 3.65. The van der Waals surface area contributed by atoms with E-state index in [0.29, 0.717) is 4.99 Å². The summed E-state index contributed by atoms with van der Waals surface area (Å²) in [6, 6.07) is 5.72. The number of pyridine rings is 1. The molecule has 0 fully saturated rings.